The lowest BCUT2D eigenvalue weighted by Crippen LogP contribution is -2.39. The lowest BCUT2D eigenvalue weighted by atomic mass is 10.1. The third kappa shape index (κ3) is 4.54. The third-order valence-electron chi connectivity index (χ3n) is 4.19. The SMILES string of the molecule is CNC(=O)NC(=O)[C@@H](Sc1nc2ccccc2n1CC(C)C)c1ccccc1. The maximum absolute atomic E-state index is 12.8. The number of hydrogen-bond donors (Lipinski definition) is 2. The van der Waals surface area contributed by atoms with Gasteiger partial charge in [0.2, 0.25) is 5.91 Å². The molecular formula is C21H24N4O2S. The lowest BCUT2D eigenvalue weighted by molar-refractivity contribution is -0.119. The van der Waals surface area contributed by atoms with Crippen LogP contribution in [0.3, 0.4) is 0 Å². The molecule has 0 bridgehead atoms. The van der Waals surface area contributed by atoms with Gasteiger partial charge in [0.1, 0.15) is 5.25 Å². The smallest absolute Gasteiger partial charge is 0.321 e. The first-order valence-corrected chi connectivity index (χ1v) is 10.1. The maximum Gasteiger partial charge on any atom is 0.321 e. The number of nitrogens with zero attached hydrogens (tertiary/aromatic N) is 2. The monoisotopic (exact) mass is 396 g/mol. The predicted octanol–water partition coefficient (Wildman–Crippen LogP) is 3.98. The first kappa shape index (κ1) is 19.9. The van der Waals surface area contributed by atoms with Gasteiger partial charge in [0, 0.05) is 13.6 Å². The number of imidazole rings is 1. The van der Waals surface area contributed by atoms with Crippen LogP contribution in [0.1, 0.15) is 24.7 Å². The van der Waals surface area contributed by atoms with Crippen LogP contribution in [0.15, 0.2) is 59.8 Å². The van der Waals surface area contributed by atoms with Crippen LogP contribution in [0.4, 0.5) is 4.79 Å². The summed E-state index contributed by atoms with van der Waals surface area (Å²) in [6, 6.07) is 16.9. The Hall–Kier alpha value is -2.80. The summed E-state index contributed by atoms with van der Waals surface area (Å²) >= 11 is 1.36. The van der Waals surface area contributed by atoms with E-state index in [2.05, 4.69) is 29.0 Å². The summed E-state index contributed by atoms with van der Waals surface area (Å²) in [5, 5.41) is 4.98. The number of aromatic nitrogens is 2. The van der Waals surface area contributed by atoms with Crippen LogP contribution in [-0.2, 0) is 11.3 Å². The van der Waals surface area contributed by atoms with Crippen LogP contribution in [-0.4, -0.2) is 28.5 Å². The molecule has 3 amide bonds. The highest BCUT2D eigenvalue weighted by atomic mass is 32.2. The molecule has 3 rings (SSSR count). The molecule has 0 aliphatic heterocycles. The van der Waals surface area contributed by atoms with Crippen LogP contribution in [0.5, 0.6) is 0 Å². The van der Waals surface area contributed by atoms with Crippen LogP contribution >= 0.6 is 11.8 Å². The standard InChI is InChI=1S/C21H24N4O2S/c1-14(2)13-25-17-12-8-7-11-16(17)23-21(25)28-18(15-9-5-4-6-10-15)19(26)24-20(27)22-3/h4-12,14,18H,13H2,1-3H3,(H2,22,24,26,27)/t18-/m0/s1. The maximum atomic E-state index is 12.8. The molecule has 146 valence electrons. The van der Waals surface area contributed by atoms with Crippen molar-refractivity contribution in [3.63, 3.8) is 0 Å². The predicted molar refractivity (Wildman–Crippen MR) is 112 cm³/mol. The van der Waals surface area contributed by atoms with E-state index in [1.54, 1.807) is 0 Å². The number of urea groups is 1. The van der Waals surface area contributed by atoms with Gasteiger partial charge in [-0.25, -0.2) is 9.78 Å². The largest absolute Gasteiger partial charge is 0.341 e. The molecule has 0 aliphatic rings. The number of amides is 3. The van der Waals surface area contributed by atoms with Crippen molar-refractivity contribution in [2.24, 2.45) is 5.92 Å². The Kier molecular flexibility index (Phi) is 6.36. The van der Waals surface area contributed by atoms with Crippen molar-refractivity contribution in [1.82, 2.24) is 20.2 Å². The summed E-state index contributed by atoms with van der Waals surface area (Å²) in [6.45, 7) is 5.09. The molecule has 0 spiro atoms. The molecule has 0 saturated carbocycles. The number of fused-ring (bicyclic) bond motifs is 1. The van der Waals surface area contributed by atoms with Gasteiger partial charge in [0.15, 0.2) is 5.16 Å². The van der Waals surface area contributed by atoms with E-state index < -0.39 is 11.3 Å². The quantitative estimate of drug-likeness (QED) is 0.618. The fourth-order valence-electron chi connectivity index (χ4n) is 2.93. The fraction of sp³-hybridized carbons (Fsp3) is 0.286. The average molecular weight is 397 g/mol. The summed E-state index contributed by atoms with van der Waals surface area (Å²) in [5.41, 5.74) is 2.75. The van der Waals surface area contributed by atoms with E-state index in [0.29, 0.717) is 5.92 Å². The zero-order chi connectivity index (χ0) is 20.1. The molecule has 0 saturated heterocycles. The summed E-state index contributed by atoms with van der Waals surface area (Å²) in [6.07, 6.45) is 0. The zero-order valence-electron chi connectivity index (χ0n) is 16.2. The molecule has 0 radical (unpaired) electrons. The molecule has 1 aromatic heterocycles. The van der Waals surface area contributed by atoms with E-state index >= 15 is 0 Å². The van der Waals surface area contributed by atoms with E-state index in [4.69, 9.17) is 4.98 Å². The number of hydrogen-bond acceptors (Lipinski definition) is 4. The molecule has 0 fully saturated rings. The number of imide groups is 1. The molecule has 1 heterocycles. The highest BCUT2D eigenvalue weighted by molar-refractivity contribution is 8.00. The molecule has 2 N–H and O–H groups in total. The molecule has 1 atom stereocenters. The van der Waals surface area contributed by atoms with E-state index in [9.17, 15) is 9.59 Å². The minimum Gasteiger partial charge on any atom is -0.341 e. The first-order chi connectivity index (χ1) is 13.5. The van der Waals surface area contributed by atoms with Crippen molar-refractivity contribution >= 4 is 34.7 Å². The van der Waals surface area contributed by atoms with Crippen molar-refractivity contribution in [3.8, 4) is 0 Å². The minimum absolute atomic E-state index is 0.376. The summed E-state index contributed by atoms with van der Waals surface area (Å²) in [7, 11) is 1.48. The number of benzene rings is 2. The average Bonchev–Trinajstić information content (AvgIpc) is 3.03. The Bertz CT molecular complexity index is 969. The molecule has 7 heteroatoms. The van der Waals surface area contributed by atoms with E-state index in [-0.39, 0.29) is 5.91 Å². The third-order valence-corrected chi connectivity index (χ3v) is 5.44. The number of para-hydroxylation sites is 2. The molecule has 28 heavy (non-hydrogen) atoms. The molecular weight excluding hydrogens is 372 g/mol. The Balaban J connectivity index is 2.00. The second-order valence-corrected chi connectivity index (χ2v) is 7.94. The van der Waals surface area contributed by atoms with Gasteiger partial charge < -0.3 is 9.88 Å². The number of thioether (sulfide) groups is 1. The van der Waals surface area contributed by atoms with Crippen LogP contribution in [0, 0.1) is 5.92 Å². The Labute approximate surface area is 168 Å². The summed E-state index contributed by atoms with van der Waals surface area (Å²) < 4.78 is 2.15. The van der Waals surface area contributed by atoms with Gasteiger partial charge in [-0.15, -0.1) is 0 Å². The molecule has 2 aromatic carbocycles. The molecule has 6 nitrogen and oxygen atoms in total. The highest BCUT2D eigenvalue weighted by Crippen LogP contribution is 2.37. The Morgan fingerprint density at radius 3 is 2.43 bits per heavy atom. The van der Waals surface area contributed by atoms with Gasteiger partial charge >= 0.3 is 6.03 Å². The molecule has 3 aromatic rings. The second kappa shape index (κ2) is 8.93. The minimum atomic E-state index is -0.596. The highest BCUT2D eigenvalue weighted by Gasteiger charge is 2.26. The van der Waals surface area contributed by atoms with Gasteiger partial charge in [-0.2, -0.15) is 0 Å². The second-order valence-electron chi connectivity index (χ2n) is 6.86. The van der Waals surface area contributed by atoms with Gasteiger partial charge in [0.05, 0.1) is 11.0 Å². The van der Waals surface area contributed by atoms with Gasteiger partial charge in [-0.1, -0.05) is 68.1 Å². The van der Waals surface area contributed by atoms with Crippen LogP contribution < -0.4 is 10.6 Å². The van der Waals surface area contributed by atoms with Crippen LogP contribution in [0.2, 0.25) is 0 Å². The molecule has 0 unspecified atom stereocenters. The van der Waals surface area contributed by atoms with Crippen LogP contribution in [0.25, 0.3) is 11.0 Å². The number of carbonyl (C=O) groups excluding carboxylic acids is 2. The van der Waals surface area contributed by atoms with Crippen molar-refractivity contribution in [2.45, 2.75) is 30.8 Å². The van der Waals surface area contributed by atoms with E-state index in [1.807, 2.05) is 54.6 Å². The Morgan fingerprint density at radius 1 is 1.07 bits per heavy atom. The lowest BCUT2D eigenvalue weighted by Gasteiger charge is -2.18. The number of carbonyl (C=O) groups is 2. The van der Waals surface area contributed by atoms with Crippen molar-refractivity contribution in [2.75, 3.05) is 7.05 Å². The fourth-order valence-corrected chi connectivity index (χ4v) is 4.05. The topological polar surface area (TPSA) is 76.0 Å². The summed E-state index contributed by atoms with van der Waals surface area (Å²) in [5.74, 6) is 0.0468. The van der Waals surface area contributed by atoms with Gasteiger partial charge in [-0.05, 0) is 23.6 Å². The van der Waals surface area contributed by atoms with E-state index in [0.717, 1.165) is 28.3 Å². The number of rotatable bonds is 6. The normalized spacial score (nSPS) is 12.1. The zero-order valence-corrected chi connectivity index (χ0v) is 17.0. The van der Waals surface area contributed by atoms with Gasteiger partial charge in [0.25, 0.3) is 0 Å². The number of nitrogens with one attached hydrogen (secondary N) is 2. The van der Waals surface area contributed by atoms with Crippen molar-refractivity contribution in [1.29, 1.82) is 0 Å². The van der Waals surface area contributed by atoms with Crippen molar-refractivity contribution < 1.29 is 9.59 Å². The van der Waals surface area contributed by atoms with Crippen molar-refractivity contribution in [3.05, 3.63) is 60.2 Å². The Morgan fingerprint density at radius 2 is 1.75 bits per heavy atom. The van der Waals surface area contributed by atoms with E-state index in [1.165, 1.54) is 18.8 Å². The first-order valence-electron chi connectivity index (χ1n) is 9.19. The van der Waals surface area contributed by atoms with Gasteiger partial charge in [-0.3, -0.25) is 10.1 Å². The molecule has 0 aliphatic carbocycles. The summed E-state index contributed by atoms with van der Waals surface area (Å²) in [4.78, 5) is 29.3.